The Morgan fingerprint density at radius 2 is 2.10 bits per heavy atom. The standard InChI is InChI=1S/C14H23N3O3/c1-2-10-5-3-4-6-11(10)15-13(19)9-17-8-7-12(18)16-14(17)20/h10-11H,2-9H2,1H3,(H,15,19)(H,16,18,20)/t10-,11+/m0/s1. The summed E-state index contributed by atoms with van der Waals surface area (Å²) in [6.45, 7) is 2.50. The van der Waals surface area contributed by atoms with Crippen LogP contribution in [0.25, 0.3) is 0 Å². The Morgan fingerprint density at radius 3 is 2.80 bits per heavy atom. The van der Waals surface area contributed by atoms with E-state index in [2.05, 4.69) is 17.6 Å². The van der Waals surface area contributed by atoms with Gasteiger partial charge in [0.25, 0.3) is 0 Å². The molecular weight excluding hydrogens is 258 g/mol. The maximum absolute atomic E-state index is 12.1. The Bertz CT molecular complexity index is 397. The van der Waals surface area contributed by atoms with Crippen LogP contribution in [-0.2, 0) is 9.59 Å². The number of carbonyl (C=O) groups excluding carboxylic acids is 3. The summed E-state index contributed by atoms with van der Waals surface area (Å²) in [5.41, 5.74) is 0. The molecule has 0 unspecified atom stereocenters. The Kier molecular flexibility index (Phi) is 4.98. The number of nitrogens with one attached hydrogen (secondary N) is 2. The average molecular weight is 281 g/mol. The Labute approximate surface area is 119 Å². The number of hydrogen-bond donors (Lipinski definition) is 2. The van der Waals surface area contributed by atoms with E-state index < -0.39 is 6.03 Å². The van der Waals surface area contributed by atoms with Gasteiger partial charge in [-0.15, -0.1) is 0 Å². The maximum atomic E-state index is 12.1. The smallest absolute Gasteiger partial charge is 0.324 e. The van der Waals surface area contributed by atoms with E-state index in [-0.39, 0.29) is 30.8 Å². The summed E-state index contributed by atoms with van der Waals surface area (Å²) in [5, 5.41) is 5.28. The van der Waals surface area contributed by atoms with Gasteiger partial charge < -0.3 is 10.2 Å². The lowest BCUT2D eigenvalue weighted by Crippen LogP contribution is -2.53. The van der Waals surface area contributed by atoms with E-state index in [0.29, 0.717) is 12.5 Å². The van der Waals surface area contributed by atoms with Gasteiger partial charge in [-0.05, 0) is 18.8 Å². The molecule has 6 heteroatoms. The minimum absolute atomic E-state index is 0.0338. The summed E-state index contributed by atoms with van der Waals surface area (Å²) in [4.78, 5) is 36.1. The molecule has 0 aromatic rings. The molecule has 1 aliphatic carbocycles. The third kappa shape index (κ3) is 3.71. The van der Waals surface area contributed by atoms with E-state index in [1.165, 1.54) is 17.7 Å². The zero-order chi connectivity index (χ0) is 14.5. The minimum Gasteiger partial charge on any atom is -0.352 e. The summed E-state index contributed by atoms with van der Waals surface area (Å²) in [6, 6.07) is -0.234. The lowest BCUT2D eigenvalue weighted by molar-refractivity contribution is -0.125. The average Bonchev–Trinajstić information content (AvgIpc) is 2.42. The van der Waals surface area contributed by atoms with Crippen LogP contribution < -0.4 is 10.6 Å². The summed E-state index contributed by atoms with van der Waals surface area (Å²) in [7, 11) is 0. The highest BCUT2D eigenvalue weighted by Crippen LogP contribution is 2.26. The number of hydrogen-bond acceptors (Lipinski definition) is 3. The third-order valence-corrected chi connectivity index (χ3v) is 4.26. The Balaban J connectivity index is 1.82. The molecule has 2 N–H and O–H groups in total. The molecule has 6 nitrogen and oxygen atoms in total. The molecular formula is C14H23N3O3. The molecule has 2 aliphatic rings. The first-order chi connectivity index (χ1) is 9.60. The summed E-state index contributed by atoms with van der Waals surface area (Å²) >= 11 is 0. The van der Waals surface area contributed by atoms with E-state index in [9.17, 15) is 14.4 Å². The van der Waals surface area contributed by atoms with E-state index >= 15 is 0 Å². The highest BCUT2D eigenvalue weighted by molar-refractivity contribution is 5.98. The molecule has 1 saturated heterocycles. The SMILES string of the molecule is CC[C@H]1CCCC[C@H]1NC(=O)CN1CCC(=O)NC1=O. The lowest BCUT2D eigenvalue weighted by Gasteiger charge is -2.32. The second-order valence-electron chi connectivity index (χ2n) is 5.65. The molecule has 2 atom stereocenters. The van der Waals surface area contributed by atoms with E-state index in [4.69, 9.17) is 0 Å². The van der Waals surface area contributed by atoms with Gasteiger partial charge in [-0.2, -0.15) is 0 Å². The number of nitrogens with zero attached hydrogens (tertiary/aromatic N) is 1. The van der Waals surface area contributed by atoms with Crippen LogP contribution in [0.4, 0.5) is 4.79 Å². The molecule has 1 heterocycles. The minimum atomic E-state index is -0.466. The third-order valence-electron chi connectivity index (χ3n) is 4.26. The first kappa shape index (κ1) is 14.8. The highest BCUT2D eigenvalue weighted by atomic mass is 16.2. The first-order valence-electron chi connectivity index (χ1n) is 7.48. The van der Waals surface area contributed by atoms with Crippen molar-refractivity contribution >= 4 is 17.8 Å². The molecule has 4 amide bonds. The predicted molar refractivity (Wildman–Crippen MR) is 73.9 cm³/mol. The van der Waals surface area contributed by atoms with Crippen molar-refractivity contribution in [3.8, 4) is 0 Å². The number of carbonyl (C=O) groups is 3. The molecule has 2 fully saturated rings. The van der Waals surface area contributed by atoms with Gasteiger partial charge in [0.1, 0.15) is 6.54 Å². The summed E-state index contributed by atoms with van der Waals surface area (Å²) in [6.07, 6.45) is 5.92. The van der Waals surface area contributed by atoms with Crippen LogP contribution in [-0.4, -0.2) is 41.9 Å². The molecule has 20 heavy (non-hydrogen) atoms. The van der Waals surface area contributed by atoms with Gasteiger partial charge in [0, 0.05) is 19.0 Å². The normalized spacial score (nSPS) is 27.1. The fourth-order valence-corrected chi connectivity index (χ4v) is 3.06. The topological polar surface area (TPSA) is 78.5 Å². The van der Waals surface area contributed by atoms with Crippen LogP contribution in [0.2, 0.25) is 0 Å². The van der Waals surface area contributed by atoms with Gasteiger partial charge in [-0.1, -0.05) is 26.2 Å². The molecule has 1 aliphatic heterocycles. The summed E-state index contributed by atoms with van der Waals surface area (Å²) in [5.74, 6) is 0.147. The Morgan fingerprint density at radius 1 is 1.35 bits per heavy atom. The molecule has 0 spiro atoms. The predicted octanol–water partition coefficient (Wildman–Crippen LogP) is 1.01. The highest BCUT2D eigenvalue weighted by Gasteiger charge is 2.28. The van der Waals surface area contributed by atoms with Crippen molar-refractivity contribution in [3.05, 3.63) is 0 Å². The van der Waals surface area contributed by atoms with Crippen molar-refractivity contribution < 1.29 is 14.4 Å². The molecule has 0 radical (unpaired) electrons. The van der Waals surface area contributed by atoms with Crippen LogP contribution in [0.1, 0.15) is 45.4 Å². The maximum Gasteiger partial charge on any atom is 0.324 e. The van der Waals surface area contributed by atoms with Crippen molar-refractivity contribution in [1.82, 2.24) is 15.5 Å². The lowest BCUT2D eigenvalue weighted by atomic mass is 9.83. The van der Waals surface area contributed by atoms with Gasteiger partial charge in [0.2, 0.25) is 11.8 Å². The fourth-order valence-electron chi connectivity index (χ4n) is 3.06. The fraction of sp³-hybridized carbons (Fsp3) is 0.786. The number of rotatable bonds is 4. The van der Waals surface area contributed by atoms with Crippen molar-refractivity contribution in [2.45, 2.75) is 51.5 Å². The van der Waals surface area contributed by atoms with Crippen LogP contribution in [0.15, 0.2) is 0 Å². The second kappa shape index (κ2) is 6.72. The van der Waals surface area contributed by atoms with Crippen molar-refractivity contribution in [3.63, 3.8) is 0 Å². The van der Waals surface area contributed by atoms with Gasteiger partial charge in [-0.3, -0.25) is 14.9 Å². The zero-order valence-corrected chi connectivity index (χ0v) is 12.0. The number of imide groups is 1. The van der Waals surface area contributed by atoms with Crippen LogP contribution >= 0.6 is 0 Å². The van der Waals surface area contributed by atoms with Gasteiger partial charge in [0.15, 0.2) is 0 Å². The second-order valence-corrected chi connectivity index (χ2v) is 5.65. The Hall–Kier alpha value is -1.59. The molecule has 112 valence electrons. The molecule has 0 bridgehead atoms. The van der Waals surface area contributed by atoms with Gasteiger partial charge in [0.05, 0.1) is 0 Å². The molecule has 0 aromatic heterocycles. The van der Waals surface area contributed by atoms with Gasteiger partial charge in [-0.25, -0.2) is 4.79 Å². The van der Waals surface area contributed by atoms with Crippen LogP contribution in [0, 0.1) is 5.92 Å². The van der Waals surface area contributed by atoms with Crippen molar-refractivity contribution in [2.75, 3.05) is 13.1 Å². The van der Waals surface area contributed by atoms with Crippen LogP contribution in [0.5, 0.6) is 0 Å². The van der Waals surface area contributed by atoms with Gasteiger partial charge >= 0.3 is 6.03 Å². The van der Waals surface area contributed by atoms with E-state index in [1.54, 1.807) is 0 Å². The van der Waals surface area contributed by atoms with E-state index in [0.717, 1.165) is 19.3 Å². The monoisotopic (exact) mass is 281 g/mol. The quantitative estimate of drug-likeness (QED) is 0.807. The number of amides is 4. The van der Waals surface area contributed by atoms with E-state index in [1.807, 2.05) is 0 Å². The summed E-state index contributed by atoms with van der Waals surface area (Å²) < 4.78 is 0. The van der Waals surface area contributed by atoms with Crippen LogP contribution in [0.3, 0.4) is 0 Å². The zero-order valence-electron chi connectivity index (χ0n) is 12.0. The molecule has 1 saturated carbocycles. The van der Waals surface area contributed by atoms with Crippen molar-refractivity contribution in [1.29, 1.82) is 0 Å². The molecule has 2 rings (SSSR count). The molecule has 0 aromatic carbocycles. The number of urea groups is 1. The first-order valence-corrected chi connectivity index (χ1v) is 7.48. The largest absolute Gasteiger partial charge is 0.352 e. The van der Waals surface area contributed by atoms with Crippen molar-refractivity contribution in [2.24, 2.45) is 5.92 Å².